The summed E-state index contributed by atoms with van der Waals surface area (Å²) in [6.07, 6.45) is 10.0. The summed E-state index contributed by atoms with van der Waals surface area (Å²) in [4.78, 5) is 31.5. The van der Waals surface area contributed by atoms with Gasteiger partial charge in [0.1, 0.15) is 6.29 Å². The number of carbonyl (C=O) groups is 2. The quantitative estimate of drug-likeness (QED) is 0.530. The number of Topliss-reactive ketones (excluding diaryl/α,β-unsaturated/α-hetero) is 1. The molecule has 2 fully saturated rings. The summed E-state index contributed by atoms with van der Waals surface area (Å²) in [5.74, 6) is 0.249. The van der Waals surface area contributed by atoms with Gasteiger partial charge in [0, 0.05) is 70.5 Å². The maximum atomic E-state index is 13.2. The molecule has 182 valence electrons. The van der Waals surface area contributed by atoms with Crippen molar-refractivity contribution in [3.05, 3.63) is 63.9 Å². The van der Waals surface area contributed by atoms with Crippen LogP contribution in [0, 0.1) is 13.8 Å². The third kappa shape index (κ3) is 5.52. The van der Waals surface area contributed by atoms with Crippen LogP contribution in [0.25, 0.3) is 0 Å². The van der Waals surface area contributed by atoms with Crippen LogP contribution in [0.4, 0.5) is 5.69 Å². The van der Waals surface area contributed by atoms with E-state index in [0.717, 1.165) is 69.5 Å². The standard InChI is InChI=1S/C29H39N3O2/c1-22-7-4-10-27(23(22)2)32-18-16-31(17-19-32)15-13-28(34)25-12-11-24-8-5-14-30(3)29(24)26(21-25)9-6-20-33/h4,7,10-11,20-21H,5-6,8-9,12-19H2,1-3H3. The molecule has 3 aliphatic rings. The van der Waals surface area contributed by atoms with E-state index in [0.29, 0.717) is 25.7 Å². The van der Waals surface area contributed by atoms with Crippen LogP contribution in [0.15, 0.2) is 52.8 Å². The number of fused-ring (bicyclic) bond motifs is 1. The molecule has 0 radical (unpaired) electrons. The average Bonchev–Trinajstić information content (AvgIpc) is 3.04. The maximum Gasteiger partial charge on any atom is 0.160 e. The van der Waals surface area contributed by atoms with Gasteiger partial charge in [-0.1, -0.05) is 18.2 Å². The number of hydrogen-bond donors (Lipinski definition) is 0. The Balaban J connectivity index is 1.37. The molecule has 0 unspecified atom stereocenters. The zero-order valence-corrected chi connectivity index (χ0v) is 21.1. The van der Waals surface area contributed by atoms with Crippen LogP contribution >= 0.6 is 0 Å². The monoisotopic (exact) mass is 461 g/mol. The van der Waals surface area contributed by atoms with E-state index in [2.05, 4.69) is 65.9 Å². The van der Waals surface area contributed by atoms with E-state index >= 15 is 0 Å². The Labute approximate surface area is 204 Å². The minimum Gasteiger partial charge on any atom is -0.374 e. The van der Waals surface area contributed by atoms with Crippen molar-refractivity contribution in [2.75, 3.05) is 51.2 Å². The van der Waals surface area contributed by atoms with Gasteiger partial charge in [-0.25, -0.2) is 0 Å². The second-order valence-corrected chi connectivity index (χ2v) is 9.93. The number of piperidine rings is 1. The Kier molecular flexibility index (Phi) is 8.04. The lowest BCUT2D eigenvalue weighted by atomic mass is 9.95. The van der Waals surface area contributed by atoms with Crippen molar-refractivity contribution < 1.29 is 9.59 Å². The fraction of sp³-hybridized carbons (Fsp3) is 0.517. The number of anilines is 1. The molecule has 2 saturated heterocycles. The van der Waals surface area contributed by atoms with E-state index in [9.17, 15) is 9.59 Å². The zero-order valence-electron chi connectivity index (χ0n) is 21.1. The van der Waals surface area contributed by atoms with Crippen molar-refractivity contribution in [1.29, 1.82) is 0 Å². The van der Waals surface area contributed by atoms with Gasteiger partial charge in [0.15, 0.2) is 5.78 Å². The van der Waals surface area contributed by atoms with E-state index in [-0.39, 0.29) is 5.78 Å². The number of carbonyl (C=O) groups excluding carboxylic acids is 2. The summed E-state index contributed by atoms with van der Waals surface area (Å²) in [6.45, 7) is 10.2. The molecule has 1 aliphatic carbocycles. The second-order valence-electron chi connectivity index (χ2n) is 9.93. The van der Waals surface area contributed by atoms with Crippen molar-refractivity contribution in [2.45, 2.75) is 52.4 Å². The van der Waals surface area contributed by atoms with Gasteiger partial charge >= 0.3 is 0 Å². The van der Waals surface area contributed by atoms with Gasteiger partial charge in [-0.15, -0.1) is 0 Å². The Morgan fingerprint density at radius 2 is 1.88 bits per heavy atom. The highest BCUT2D eigenvalue weighted by atomic mass is 16.1. The number of nitrogens with zero attached hydrogens (tertiary/aromatic N) is 3. The van der Waals surface area contributed by atoms with E-state index < -0.39 is 0 Å². The highest BCUT2D eigenvalue weighted by Crippen LogP contribution is 2.34. The fourth-order valence-corrected chi connectivity index (χ4v) is 5.51. The zero-order chi connectivity index (χ0) is 24.1. The van der Waals surface area contributed by atoms with Gasteiger partial charge in [-0.3, -0.25) is 9.69 Å². The number of aldehydes is 1. The summed E-state index contributed by atoms with van der Waals surface area (Å²) < 4.78 is 0. The lowest BCUT2D eigenvalue weighted by Crippen LogP contribution is -2.47. The summed E-state index contributed by atoms with van der Waals surface area (Å²) in [5.41, 5.74) is 8.70. The summed E-state index contributed by atoms with van der Waals surface area (Å²) in [6, 6.07) is 6.54. The van der Waals surface area contributed by atoms with Crippen molar-refractivity contribution in [3.8, 4) is 0 Å². The predicted octanol–water partition coefficient (Wildman–Crippen LogP) is 4.60. The molecule has 2 aliphatic heterocycles. The number of likely N-dealkylation sites (tertiary alicyclic amines) is 1. The van der Waals surface area contributed by atoms with Crippen LogP contribution in [0.1, 0.15) is 49.7 Å². The molecule has 0 spiro atoms. The average molecular weight is 462 g/mol. The van der Waals surface area contributed by atoms with E-state index in [4.69, 9.17) is 0 Å². The molecule has 4 rings (SSSR count). The highest BCUT2D eigenvalue weighted by molar-refractivity contribution is 5.96. The largest absolute Gasteiger partial charge is 0.374 e. The second kappa shape index (κ2) is 11.2. The SMILES string of the molecule is Cc1cccc(N2CCN(CCC(=O)C3=CC(CCC=O)=C4C(=CC3)CCCN4C)CC2)c1C. The van der Waals surface area contributed by atoms with E-state index in [1.807, 2.05) is 0 Å². The first-order valence-electron chi connectivity index (χ1n) is 12.8. The molecule has 5 heteroatoms. The van der Waals surface area contributed by atoms with Crippen molar-refractivity contribution in [2.24, 2.45) is 0 Å². The first-order valence-corrected chi connectivity index (χ1v) is 12.8. The number of rotatable bonds is 8. The number of piperazine rings is 1. The number of aryl methyl sites for hydroxylation is 1. The minimum atomic E-state index is 0.249. The van der Waals surface area contributed by atoms with Crippen LogP contribution in [0.2, 0.25) is 0 Å². The van der Waals surface area contributed by atoms with Gasteiger partial charge in [-0.05, 0) is 79.5 Å². The van der Waals surface area contributed by atoms with Crippen LogP contribution in [-0.4, -0.2) is 68.2 Å². The molecule has 0 bridgehead atoms. The molecule has 2 heterocycles. The van der Waals surface area contributed by atoms with Crippen molar-refractivity contribution in [1.82, 2.24) is 9.80 Å². The Morgan fingerprint density at radius 3 is 2.65 bits per heavy atom. The molecule has 0 atom stereocenters. The maximum absolute atomic E-state index is 13.2. The van der Waals surface area contributed by atoms with Crippen LogP contribution in [-0.2, 0) is 9.59 Å². The van der Waals surface area contributed by atoms with Gasteiger partial charge in [0.2, 0.25) is 0 Å². The third-order valence-electron chi connectivity index (χ3n) is 7.68. The third-order valence-corrected chi connectivity index (χ3v) is 7.68. The molecule has 0 N–H and O–H groups in total. The first-order chi connectivity index (χ1) is 16.5. The topological polar surface area (TPSA) is 43.9 Å². The van der Waals surface area contributed by atoms with Gasteiger partial charge in [0.25, 0.3) is 0 Å². The van der Waals surface area contributed by atoms with Crippen LogP contribution < -0.4 is 4.90 Å². The molecule has 5 nitrogen and oxygen atoms in total. The van der Waals surface area contributed by atoms with E-state index in [1.54, 1.807) is 0 Å². The van der Waals surface area contributed by atoms with Crippen molar-refractivity contribution in [3.63, 3.8) is 0 Å². The Morgan fingerprint density at radius 1 is 1.09 bits per heavy atom. The molecule has 34 heavy (non-hydrogen) atoms. The first kappa shape index (κ1) is 24.5. The number of hydrogen-bond acceptors (Lipinski definition) is 5. The van der Waals surface area contributed by atoms with Crippen molar-refractivity contribution >= 4 is 17.8 Å². The summed E-state index contributed by atoms with van der Waals surface area (Å²) in [7, 11) is 2.13. The summed E-state index contributed by atoms with van der Waals surface area (Å²) >= 11 is 0. The fourth-order valence-electron chi connectivity index (χ4n) is 5.51. The molecule has 0 amide bonds. The Bertz CT molecular complexity index is 1010. The molecule has 0 aromatic heterocycles. The smallest absolute Gasteiger partial charge is 0.160 e. The minimum absolute atomic E-state index is 0.249. The molecule has 0 saturated carbocycles. The highest BCUT2D eigenvalue weighted by Gasteiger charge is 2.24. The van der Waals surface area contributed by atoms with Crippen LogP contribution in [0.3, 0.4) is 0 Å². The molecule has 1 aromatic carbocycles. The Hall–Kier alpha value is -2.66. The van der Waals surface area contributed by atoms with Gasteiger partial charge in [0.05, 0.1) is 0 Å². The number of likely N-dealkylation sites (N-methyl/N-ethyl adjacent to an activating group) is 1. The van der Waals surface area contributed by atoms with Gasteiger partial charge in [-0.2, -0.15) is 0 Å². The van der Waals surface area contributed by atoms with E-state index in [1.165, 1.54) is 28.1 Å². The normalized spacial score (nSPS) is 19.4. The molecular formula is C29H39N3O2. The molecule has 1 aromatic rings. The van der Waals surface area contributed by atoms with Crippen LogP contribution in [0.5, 0.6) is 0 Å². The summed E-state index contributed by atoms with van der Waals surface area (Å²) in [5, 5.41) is 0. The van der Waals surface area contributed by atoms with Gasteiger partial charge < -0.3 is 14.6 Å². The number of allylic oxidation sites excluding steroid dienone is 5. The lowest BCUT2D eigenvalue weighted by Gasteiger charge is -2.37. The molecular weight excluding hydrogens is 422 g/mol. The number of benzene rings is 1. The predicted molar refractivity (Wildman–Crippen MR) is 139 cm³/mol. The number of ketones is 1. The lowest BCUT2D eigenvalue weighted by molar-refractivity contribution is -0.116.